The van der Waals surface area contributed by atoms with Crippen molar-refractivity contribution in [3.8, 4) is 0 Å². The van der Waals surface area contributed by atoms with E-state index in [1.165, 1.54) is 11.8 Å². The van der Waals surface area contributed by atoms with E-state index in [2.05, 4.69) is 11.4 Å². The summed E-state index contributed by atoms with van der Waals surface area (Å²) in [4.78, 5) is 29.0. The first-order chi connectivity index (χ1) is 15.1. The monoisotopic (exact) mass is 432 g/mol. The van der Waals surface area contributed by atoms with Gasteiger partial charge in [0, 0.05) is 24.9 Å². The van der Waals surface area contributed by atoms with Crippen LogP contribution in [0.5, 0.6) is 0 Å². The van der Waals surface area contributed by atoms with Crippen LogP contribution in [0.4, 0.5) is 0 Å². The highest BCUT2D eigenvalue weighted by Crippen LogP contribution is 2.21. The Morgan fingerprint density at radius 3 is 2.19 bits per heavy atom. The van der Waals surface area contributed by atoms with Crippen LogP contribution >= 0.6 is 11.8 Å². The maximum absolute atomic E-state index is 13.4. The fraction of sp³-hybridized carbons (Fsp3) is 0.231. The Labute approximate surface area is 188 Å². The van der Waals surface area contributed by atoms with Gasteiger partial charge in [-0.2, -0.15) is 0 Å². The molecule has 0 bridgehead atoms. The number of nitrogens with zero attached hydrogens (tertiary/aromatic N) is 1. The number of rotatable bonds is 9. The van der Waals surface area contributed by atoms with Crippen LogP contribution in [0.15, 0.2) is 89.8 Å². The van der Waals surface area contributed by atoms with Crippen molar-refractivity contribution in [2.75, 3.05) is 12.8 Å². The molecular formula is C26H28N2O2S. The molecule has 0 aromatic heterocycles. The van der Waals surface area contributed by atoms with Crippen molar-refractivity contribution < 1.29 is 9.59 Å². The third kappa shape index (κ3) is 6.72. The van der Waals surface area contributed by atoms with Crippen LogP contribution < -0.4 is 5.32 Å². The van der Waals surface area contributed by atoms with E-state index in [1.807, 2.05) is 85.8 Å². The summed E-state index contributed by atoms with van der Waals surface area (Å²) >= 11 is 1.49. The van der Waals surface area contributed by atoms with Crippen LogP contribution in [-0.2, 0) is 22.6 Å². The van der Waals surface area contributed by atoms with Gasteiger partial charge in [0.2, 0.25) is 11.8 Å². The Morgan fingerprint density at radius 1 is 0.903 bits per heavy atom. The average Bonchev–Trinajstić information content (AvgIpc) is 2.80. The maximum Gasteiger partial charge on any atom is 0.242 e. The lowest BCUT2D eigenvalue weighted by atomic mass is 10.0. The van der Waals surface area contributed by atoms with Crippen molar-refractivity contribution in [2.45, 2.75) is 30.8 Å². The van der Waals surface area contributed by atoms with E-state index in [4.69, 9.17) is 0 Å². The van der Waals surface area contributed by atoms with Gasteiger partial charge in [-0.3, -0.25) is 9.59 Å². The van der Waals surface area contributed by atoms with Gasteiger partial charge in [0.1, 0.15) is 6.04 Å². The molecule has 31 heavy (non-hydrogen) atoms. The summed E-state index contributed by atoms with van der Waals surface area (Å²) in [5, 5.41) is 2.75. The molecule has 0 radical (unpaired) electrons. The maximum atomic E-state index is 13.4. The number of aryl methyl sites for hydroxylation is 1. The molecule has 3 aromatic rings. The van der Waals surface area contributed by atoms with Crippen molar-refractivity contribution in [1.29, 1.82) is 0 Å². The number of hydrogen-bond acceptors (Lipinski definition) is 3. The van der Waals surface area contributed by atoms with Crippen LogP contribution in [0.25, 0.3) is 0 Å². The largest absolute Gasteiger partial charge is 0.357 e. The number of benzene rings is 3. The Morgan fingerprint density at radius 2 is 1.55 bits per heavy atom. The van der Waals surface area contributed by atoms with E-state index in [0.717, 1.165) is 21.6 Å². The zero-order valence-electron chi connectivity index (χ0n) is 18.0. The Balaban J connectivity index is 1.87. The minimum atomic E-state index is -0.586. The molecule has 160 valence electrons. The Bertz CT molecular complexity index is 993. The zero-order valence-corrected chi connectivity index (χ0v) is 18.8. The fourth-order valence-corrected chi connectivity index (χ4v) is 4.28. The number of carbonyl (C=O) groups excluding carboxylic acids is 2. The molecule has 1 atom stereocenters. The second-order valence-corrected chi connectivity index (χ2v) is 8.48. The van der Waals surface area contributed by atoms with Crippen molar-refractivity contribution in [2.24, 2.45) is 0 Å². The fourth-order valence-electron chi connectivity index (χ4n) is 3.47. The van der Waals surface area contributed by atoms with Crippen molar-refractivity contribution in [1.82, 2.24) is 10.2 Å². The summed E-state index contributed by atoms with van der Waals surface area (Å²) in [7, 11) is 1.62. The Hall–Kier alpha value is -3.05. The lowest BCUT2D eigenvalue weighted by Crippen LogP contribution is -2.50. The van der Waals surface area contributed by atoms with Crippen molar-refractivity contribution in [3.63, 3.8) is 0 Å². The van der Waals surface area contributed by atoms with E-state index in [9.17, 15) is 9.59 Å². The summed E-state index contributed by atoms with van der Waals surface area (Å²) < 4.78 is 0. The van der Waals surface area contributed by atoms with Gasteiger partial charge < -0.3 is 10.2 Å². The molecule has 5 heteroatoms. The van der Waals surface area contributed by atoms with E-state index < -0.39 is 6.04 Å². The van der Waals surface area contributed by atoms with E-state index in [-0.39, 0.29) is 17.6 Å². The molecule has 4 nitrogen and oxygen atoms in total. The third-order valence-electron chi connectivity index (χ3n) is 5.06. The molecule has 0 saturated heterocycles. The molecule has 2 amide bonds. The topological polar surface area (TPSA) is 49.4 Å². The molecule has 0 unspecified atom stereocenters. The average molecular weight is 433 g/mol. The van der Waals surface area contributed by atoms with Crippen molar-refractivity contribution in [3.05, 3.63) is 102 Å². The van der Waals surface area contributed by atoms with Gasteiger partial charge in [-0.25, -0.2) is 0 Å². The molecule has 0 heterocycles. The van der Waals surface area contributed by atoms with E-state index in [0.29, 0.717) is 13.0 Å². The minimum absolute atomic E-state index is 0.0557. The molecule has 0 aliphatic rings. The number of amides is 2. The van der Waals surface area contributed by atoms with Gasteiger partial charge in [0.15, 0.2) is 0 Å². The predicted molar refractivity (Wildman–Crippen MR) is 127 cm³/mol. The van der Waals surface area contributed by atoms with E-state index >= 15 is 0 Å². The van der Waals surface area contributed by atoms with Crippen LogP contribution in [0.2, 0.25) is 0 Å². The van der Waals surface area contributed by atoms with Crippen LogP contribution in [0, 0.1) is 6.92 Å². The van der Waals surface area contributed by atoms with Gasteiger partial charge >= 0.3 is 0 Å². The van der Waals surface area contributed by atoms with Gasteiger partial charge in [0.05, 0.1) is 5.75 Å². The molecule has 0 saturated carbocycles. The Kier molecular flexibility index (Phi) is 8.30. The molecular weight excluding hydrogens is 404 g/mol. The molecule has 3 rings (SSSR count). The summed E-state index contributed by atoms with van der Waals surface area (Å²) in [6.45, 7) is 2.42. The van der Waals surface area contributed by atoms with E-state index in [1.54, 1.807) is 11.9 Å². The lowest BCUT2D eigenvalue weighted by Gasteiger charge is -2.31. The second kappa shape index (κ2) is 11.4. The van der Waals surface area contributed by atoms with Gasteiger partial charge in [-0.15, -0.1) is 11.8 Å². The van der Waals surface area contributed by atoms with Gasteiger partial charge in [0.25, 0.3) is 0 Å². The number of nitrogens with one attached hydrogen (secondary N) is 1. The predicted octanol–water partition coefficient (Wildman–Crippen LogP) is 4.47. The number of hydrogen-bond donors (Lipinski definition) is 1. The van der Waals surface area contributed by atoms with Gasteiger partial charge in [-0.1, -0.05) is 78.4 Å². The highest BCUT2D eigenvalue weighted by molar-refractivity contribution is 8.00. The lowest BCUT2D eigenvalue weighted by molar-refractivity contribution is -0.139. The summed E-state index contributed by atoms with van der Waals surface area (Å²) in [5.74, 6) is 0.0624. The summed E-state index contributed by atoms with van der Waals surface area (Å²) in [6.07, 6.45) is 0.466. The third-order valence-corrected chi connectivity index (χ3v) is 6.06. The first kappa shape index (κ1) is 22.6. The standard InChI is InChI=1S/C26H28N2O2S/c1-20-10-9-13-22(16-20)18-28(25(29)19-31-23-14-7-4-8-15-23)24(26(30)27-2)17-21-11-5-3-6-12-21/h3-16,24H,17-19H2,1-2H3,(H,27,30)/t24-/m1/s1. The van der Waals surface area contributed by atoms with Crippen LogP contribution in [-0.4, -0.2) is 35.6 Å². The SMILES string of the molecule is CNC(=O)[C@@H](Cc1ccccc1)N(Cc1cccc(C)c1)C(=O)CSc1ccccc1. The normalized spacial score (nSPS) is 11.5. The quantitative estimate of drug-likeness (QED) is 0.508. The first-order valence-electron chi connectivity index (χ1n) is 10.3. The smallest absolute Gasteiger partial charge is 0.242 e. The van der Waals surface area contributed by atoms with Crippen LogP contribution in [0.3, 0.4) is 0 Å². The number of likely N-dealkylation sites (N-methyl/N-ethyl adjacent to an activating group) is 1. The summed E-state index contributed by atoms with van der Waals surface area (Å²) in [5.41, 5.74) is 3.16. The molecule has 0 aliphatic carbocycles. The number of carbonyl (C=O) groups is 2. The molecule has 0 spiro atoms. The van der Waals surface area contributed by atoms with Gasteiger partial charge in [-0.05, 0) is 30.2 Å². The van der Waals surface area contributed by atoms with Crippen LogP contribution in [0.1, 0.15) is 16.7 Å². The molecule has 0 fully saturated rings. The highest BCUT2D eigenvalue weighted by Gasteiger charge is 2.29. The second-order valence-electron chi connectivity index (χ2n) is 7.43. The highest BCUT2D eigenvalue weighted by atomic mass is 32.2. The first-order valence-corrected chi connectivity index (χ1v) is 11.3. The number of thioether (sulfide) groups is 1. The minimum Gasteiger partial charge on any atom is -0.357 e. The molecule has 3 aromatic carbocycles. The zero-order chi connectivity index (χ0) is 22.1. The van der Waals surface area contributed by atoms with Crippen molar-refractivity contribution >= 4 is 23.6 Å². The molecule has 0 aliphatic heterocycles. The summed E-state index contributed by atoms with van der Waals surface area (Å²) in [6, 6.07) is 27.2. The molecule has 1 N–H and O–H groups in total.